The van der Waals surface area contributed by atoms with Crippen LogP contribution in [-0.2, 0) is 24.7 Å². The van der Waals surface area contributed by atoms with Gasteiger partial charge in [-0.15, -0.1) is 0 Å². The molecule has 0 radical (unpaired) electrons. The molecule has 0 aliphatic heterocycles. The third-order valence-corrected chi connectivity index (χ3v) is 26.8. The summed E-state index contributed by atoms with van der Waals surface area (Å²) in [6, 6.07) is 52.1. The molecule has 2 aliphatic rings. The quantitative estimate of drug-likeness (QED) is 0.177. The summed E-state index contributed by atoms with van der Waals surface area (Å²) >= 11 is -4.31. The molecule has 0 amide bonds. The monoisotopic (exact) mass is 620 g/mol. The van der Waals surface area contributed by atoms with Crippen molar-refractivity contribution >= 4 is 3.21 Å². The van der Waals surface area contributed by atoms with E-state index < -0.39 is 18.3 Å². The predicted molar refractivity (Wildman–Crippen MR) is 177 cm³/mol. The Balaban J connectivity index is 1.56. The molecule has 0 nitrogen and oxygen atoms in total. The summed E-state index contributed by atoms with van der Waals surface area (Å²) in [7, 11) is 0. The van der Waals surface area contributed by atoms with Gasteiger partial charge in [-0.1, -0.05) is 0 Å². The van der Waals surface area contributed by atoms with Crippen LogP contribution in [0.4, 0.5) is 0 Å². The van der Waals surface area contributed by atoms with E-state index in [-0.39, 0.29) is 0 Å². The molecule has 2 aliphatic carbocycles. The minimum atomic E-state index is -4.31. The predicted octanol–water partition coefficient (Wildman–Crippen LogP) is 10.7. The van der Waals surface area contributed by atoms with E-state index in [1.54, 1.807) is 12.1 Å². The molecule has 5 aromatic rings. The van der Waals surface area contributed by atoms with E-state index in [4.69, 9.17) is 0 Å². The molecule has 42 heavy (non-hydrogen) atoms. The first-order valence-corrected chi connectivity index (χ1v) is 24.0. The van der Waals surface area contributed by atoms with Crippen LogP contribution in [0.2, 0.25) is 9.26 Å². The van der Waals surface area contributed by atoms with Crippen LogP contribution in [0.15, 0.2) is 160 Å². The van der Waals surface area contributed by atoms with Crippen molar-refractivity contribution in [3.63, 3.8) is 0 Å². The molecule has 206 valence electrons. The number of rotatable bonds is 6. The van der Waals surface area contributed by atoms with Crippen LogP contribution in [0.1, 0.15) is 44.8 Å². The number of hydrogen-bond acceptors (Lipinski definition) is 0. The average molecular weight is 622 g/mol. The van der Waals surface area contributed by atoms with Gasteiger partial charge in [0.1, 0.15) is 0 Å². The van der Waals surface area contributed by atoms with Crippen molar-refractivity contribution in [3.05, 3.63) is 188 Å². The van der Waals surface area contributed by atoms with E-state index in [0.717, 1.165) is 12.8 Å². The van der Waals surface area contributed by atoms with Gasteiger partial charge in [-0.3, -0.25) is 0 Å². The maximum absolute atomic E-state index is 4.31. The maximum atomic E-state index is 2.75. The Labute approximate surface area is 251 Å². The molecule has 0 unspecified atom stereocenters. The van der Waals surface area contributed by atoms with Gasteiger partial charge in [0.15, 0.2) is 0 Å². The summed E-state index contributed by atoms with van der Waals surface area (Å²) in [6.07, 6.45) is 4.70. The SMILES string of the molecule is CC1=C(Cc2ccccc2)C[C]([Zr]([CH3])([CH3])(=[C](c2ccccc2)c2ccccc2)[CH]2c3ccccc3-c3ccccc32)=C1. The zero-order valence-corrected chi connectivity index (χ0v) is 27.3. The van der Waals surface area contributed by atoms with Gasteiger partial charge in [0, 0.05) is 0 Å². The molecule has 0 atom stereocenters. The second kappa shape index (κ2) is 10.6. The van der Waals surface area contributed by atoms with Crippen LogP contribution < -0.4 is 0 Å². The molecule has 0 fully saturated rings. The second-order valence-electron chi connectivity index (χ2n) is 13.0. The van der Waals surface area contributed by atoms with E-state index in [1.165, 1.54) is 44.5 Å². The molecule has 7 rings (SSSR count). The molecule has 0 aromatic heterocycles. The number of hydrogen-bond donors (Lipinski definition) is 0. The molecule has 1 heteroatoms. The Hall–Kier alpha value is -3.67. The van der Waals surface area contributed by atoms with Gasteiger partial charge < -0.3 is 0 Å². The van der Waals surface area contributed by atoms with Crippen molar-refractivity contribution in [1.82, 2.24) is 0 Å². The van der Waals surface area contributed by atoms with Crippen LogP contribution in [0.25, 0.3) is 11.1 Å². The fraction of sp³-hybridized carbons (Fsp3) is 0.146. The average Bonchev–Trinajstić information content (AvgIpc) is 3.58. The fourth-order valence-corrected chi connectivity index (χ4v) is 25.1. The van der Waals surface area contributed by atoms with Crippen molar-refractivity contribution in [3.8, 4) is 11.1 Å². The first-order valence-electron chi connectivity index (χ1n) is 15.2. The summed E-state index contributed by atoms with van der Waals surface area (Å²) in [6.45, 7) is 2.35. The van der Waals surface area contributed by atoms with Gasteiger partial charge >= 0.3 is 253 Å². The zero-order chi connectivity index (χ0) is 28.8. The normalized spacial score (nSPS) is 14.9. The Morgan fingerprint density at radius 3 is 1.57 bits per heavy atom. The van der Waals surface area contributed by atoms with Crippen molar-refractivity contribution in [2.75, 3.05) is 0 Å². The fourth-order valence-electron chi connectivity index (χ4n) is 8.17. The first-order chi connectivity index (χ1) is 20.4. The first kappa shape index (κ1) is 27.2. The van der Waals surface area contributed by atoms with Crippen molar-refractivity contribution < 1.29 is 18.3 Å². The third kappa shape index (κ3) is 4.33. The van der Waals surface area contributed by atoms with Gasteiger partial charge in [-0.2, -0.15) is 0 Å². The van der Waals surface area contributed by atoms with Crippen LogP contribution in [0.5, 0.6) is 0 Å². The Morgan fingerprint density at radius 1 is 0.595 bits per heavy atom. The van der Waals surface area contributed by atoms with Crippen molar-refractivity contribution in [1.29, 1.82) is 0 Å². The van der Waals surface area contributed by atoms with Crippen molar-refractivity contribution in [2.24, 2.45) is 0 Å². The second-order valence-corrected chi connectivity index (χ2v) is 29.5. The van der Waals surface area contributed by atoms with Gasteiger partial charge in [-0.25, -0.2) is 0 Å². The van der Waals surface area contributed by atoms with Gasteiger partial charge in [0.25, 0.3) is 0 Å². The van der Waals surface area contributed by atoms with Crippen LogP contribution in [0.3, 0.4) is 0 Å². The standard InChI is InChI=1S/C13H9.C13H13.C13H10.2CH3.Zr/c1-3-7-12-10(5-1)9-11-6-2-4-8-13(11)12;1-11-6-5-9-13(11)10-12-7-3-2-4-8-12;1-3-7-12(8-4-1)11-13-9-5-2-6-10-13;;;/h1-9H;2-4,6-8H,9-10H2,1H3;1-10H;2*1H3;. The topological polar surface area (TPSA) is 0 Å². The summed E-state index contributed by atoms with van der Waals surface area (Å²) in [5.41, 5.74) is 13.0. The number of benzene rings is 5. The van der Waals surface area contributed by atoms with E-state index in [9.17, 15) is 0 Å². The zero-order valence-electron chi connectivity index (χ0n) is 24.8. The van der Waals surface area contributed by atoms with Gasteiger partial charge in [0.2, 0.25) is 0 Å². The summed E-state index contributed by atoms with van der Waals surface area (Å²) in [5, 5.41) is 0. The van der Waals surface area contributed by atoms with E-state index in [2.05, 4.69) is 162 Å². The number of allylic oxidation sites excluding steroid dienone is 4. The Morgan fingerprint density at radius 2 is 1.05 bits per heavy atom. The van der Waals surface area contributed by atoms with Crippen LogP contribution in [-0.4, -0.2) is 3.21 Å². The molecular weight excluding hydrogens is 584 g/mol. The summed E-state index contributed by atoms with van der Waals surface area (Å²) in [5.74, 6) is 0. The molecule has 0 saturated carbocycles. The Kier molecular flexibility index (Phi) is 6.83. The molecule has 0 saturated heterocycles. The molecule has 5 aromatic carbocycles. The molecule has 0 spiro atoms. The van der Waals surface area contributed by atoms with Gasteiger partial charge in [-0.05, 0) is 0 Å². The number of fused-ring (bicyclic) bond motifs is 3. The summed E-state index contributed by atoms with van der Waals surface area (Å²) in [4.78, 5) is 0. The van der Waals surface area contributed by atoms with Crippen molar-refractivity contribution in [2.45, 2.75) is 32.7 Å². The van der Waals surface area contributed by atoms with E-state index >= 15 is 0 Å². The van der Waals surface area contributed by atoms with Gasteiger partial charge in [0.05, 0.1) is 0 Å². The van der Waals surface area contributed by atoms with E-state index in [1.807, 2.05) is 0 Å². The Bertz CT molecular complexity index is 1830. The van der Waals surface area contributed by atoms with Crippen LogP contribution in [0, 0.1) is 0 Å². The van der Waals surface area contributed by atoms with E-state index in [0.29, 0.717) is 3.63 Å². The molecule has 0 heterocycles. The molecule has 0 N–H and O–H groups in total. The third-order valence-electron chi connectivity index (χ3n) is 10.2. The molecule has 0 bridgehead atoms. The minimum absolute atomic E-state index is 0.351. The molecular formula is C41H38Zr. The van der Waals surface area contributed by atoms with Crippen LogP contribution >= 0.6 is 0 Å². The summed E-state index contributed by atoms with van der Waals surface area (Å²) < 4.78 is 9.15.